The Morgan fingerprint density at radius 3 is 2.76 bits per heavy atom. The zero-order valence-corrected chi connectivity index (χ0v) is 12.6. The molecular weight excluding hydrogens is 316 g/mol. The van der Waals surface area contributed by atoms with Crippen molar-refractivity contribution in [2.75, 3.05) is 6.54 Å². The number of nitrogens with zero attached hydrogens (tertiary/aromatic N) is 2. The lowest BCUT2D eigenvalue weighted by Gasteiger charge is -2.32. The molecule has 0 aromatic heterocycles. The molecule has 0 radical (unpaired) electrons. The van der Waals surface area contributed by atoms with E-state index in [9.17, 15) is 18.3 Å². The van der Waals surface area contributed by atoms with Gasteiger partial charge in [-0.2, -0.15) is 9.57 Å². The van der Waals surface area contributed by atoms with E-state index >= 15 is 0 Å². The van der Waals surface area contributed by atoms with E-state index in [4.69, 9.17) is 16.9 Å². The van der Waals surface area contributed by atoms with Crippen molar-refractivity contribution in [1.29, 1.82) is 5.26 Å². The SMILES string of the molecule is N#Cc1ccc(Cl)cc1S(=O)(=O)N1CCCC[C@H]1C(=O)O. The highest BCUT2D eigenvalue weighted by molar-refractivity contribution is 7.89. The van der Waals surface area contributed by atoms with Crippen LogP contribution in [0.4, 0.5) is 0 Å². The molecule has 1 fully saturated rings. The Labute approximate surface area is 127 Å². The minimum absolute atomic E-state index is 0.0471. The van der Waals surface area contributed by atoms with Gasteiger partial charge in [0.1, 0.15) is 17.0 Å². The van der Waals surface area contributed by atoms with Gasteiger partial charge in [0.15, 0.2) is 0 Å². The third-order valence-electron chi connectivity index (χ3n) is 3.39. The van der Waals surface area contributed by atoms with Gasteiger partial charge in [-0.3, -0.25) is 4.79 Å². The van der Waals surface area contributed by atoms with Crippen LogP contribution in [0.15, 0.2) is 23.1 Å². The summed E-state index contributed by atoms with van der Waals surface area (Å²) < 4.78 is 26.3. The minimum Gasteiger partial charge on any atom is -0.480 e. The number of aliphatic carboxylic acids is 1. The molecule has 1 aliphatic rings. The first kappa shape index (κ1) is 15.8. The summed E-state index contributed by atoms with van der Waals surface area (Å²) in [7, 11) is -4.08. The van der Waals surface area contributed by atoms with Crippen molar-refractivity contribution >= 4 is 27.6 Å². The Kier molecular flexibility index (Phi) is 4.52. The van der Waals surface area contributed by atoms with E-state index in [0.717, 1.165) is 4.31 Å². The topological polar surface area (TPSA) is 98.5 Å². The lowest BCUT2D eigenvalue weighted by atomic mass is 10.1. The Bertz CT molecular complexity index is 711. The highest BCUT2D eigenvalue weighted by Gasteiger charge is 2.38. The summed E-state index contributed by atoms with van der Waals surface area (Å²) in [6, 6.07) is 4.62. The first-order chi connectivity index (χ1) is 9.87. The van der Waals surface area contributed by atoms with Gasteiger partial charge in [0.2, 0.25) is 10.0 Å². The molecule has 0 amide bonds. The second kappa shape index (κ2) is 6.02. The largest absolute Gasteiger partial charge is 0.480 e. The van der Waals surface area contributed by atoms with Crippen LogP contribution in [0.3, 0.4) is 0 Å². The molecule has 0 unspecified atom stereocenters. The number of benzene rings is 1. The van der Waals surface area contributed by atoms with E-state index in [1.807, 2.05) is 0 Å². The summed E-state index contributed by atoms with van der Waals surface area (Å²) in [6.07, 6.45) is 1.51. The van der Waals surface area contributed by atoms with Crippen LogP contribution in [-0.4, -0.2) is 36.4 Å². The quantitative estimate of drug-likeness (QED) is 0.912. The van der Waals surface area contributed by atoms with Crippen LogP contribution in [-0.2, 0) is 14.8 Å². The van der Waals surface area contributed by atoms with Gasteiger partial charge < -0.3 is 5.11 Å². The summed E-state index contributed by atoms with van der Waals surface area (Å²) in [5, 5.41) is 18.4. The van der Waals surface area contributed by atoms with Crippen LogP contribution >= 0.6 is 11.6 Å². The third-order valence-corrected chi connectivity index (χ3v) is 5.57. The first-order valence-corrected chi connectivity index (χ1v) is 8.14. The molecule has 0 bridgehead atoms. The van der Waals surface area contributed by atoms with Crippen molar-refractivity contribution in [3.05, 3.63) is 28.8 Å². The Hall–Kier alpha value is -1.62. The lowest BCUT2D eigenvalue weighted by molar-refractivity contribution is -0.142. The van der Waals surface area contributed by atoms with Gasteiger partial charge in [0.25, 0.3) is 0 Å². The number of piperidine rings is 1. The fourth-order valence-electron chi connectivity index (χ4n) is 2.37. The van der Waals surface area contributed by atoms with Gasteiger partial charge in [-0.25, -0.2) is 8.42 Å². The molecule has 1 N–H and O–H groups in total. The summed E-state index contributed by atoms with van der Waals surface area (Å²) in [4.78, 5) is 11.0. The van der Waals surface area contributed by atoms with Crippen molar-refractivity contribution in [2.24, 2.45) is 0 Å². The molecular formula is C13H13ClN2O4S. The Morgan fingerprint density at radius 2 is 2.14 bits per heavy atom. The molecule has 6 nitrogen and oxygen atoms in total. The average Bonchev–Trinajstić information content (AvgIpc) is 2.47. The molecule has 0 aliphatic carbocycles. The van der Waals surface area contributed by atoms with Gasteiger partial charge in [-0.1, -0.05) is 11.6 Å². The molecule has 0 saturated carbocycles. The smallest absolute Gasteiger partial charge is 0.322 e. The molecule has 112 valence electrons. The van der Waals surface area contributed by atoms with Crippen LogP contribution in [0.5, 0.6) is 0 Å². The number of sulfonamides is 1. The zero-order valence-electron chi connectivity index (χ0n) is 11.0. The highest BCUT2D eigenvalue weighted by Crippen LogP contribution is 2.29. The van der Waals surface area contributed by atoms with Gasteiger partial charge in [-0.15, -0.1) is 0 Å². The maximum absolute atomic E-state index is 12.7. The zero-order chi connectivity index (χ0) is 15.6. The van der Waals surface area contributed by atoms with Crippen molar-refractivity contribution in [1.82, 2.24) is 4.31 Å². The number of carbonyl (C=O) groups is 1. The number of rotatable bonds is 3. The number of nitriles is 1. The van der Waals surface area contributed by atoms with Crippen LogP contribution < -0.4 is 0 Å². The van der Waals surface area contributed by atoms with E-state index in [1.165, 1.54) is 18.2 Å². The standard InChI is InChI=1S/C13H13ClN2O4S/c14-10-5-4-9(8-15)12(7-10)21(19,20)16-6-2-1-3-11(16)13(17)18/h4-5,7,11H,1-3,6H2,(H,17,18)/t11-/m0/s1. The van der Waals surface area contributed by atoms with Crippen molar-refractivity contribution in [3.63, 3.8) is 0 Å². The second-order valence-electron chi connectivity index (χ2n) is 4.72. The first-order valence-electron chi connectivity index (χ1n) is 6.32. The molecule has 0 spiro atoms. The van der Waals surface area contributed by atoms with E-state index in [-0.39, 0.29) is 28.4 Å². The van der Waals surface area contributed by atoms with Crippen molar-refractivity contribution < 1.29 is 18.3 Å². The number of carboxylic acid groups (broad SMARTS) is 1. The molecule has 8 heteroatoms. The monoisotopic (exact) mass is 328 g/mol. The molecule has 1 aliphatic heterocycles. The maximum Gasteiger partial charge on any atom is 0.322 e. The van der Waals surface area contributed by atoms with Crippen LogP contribution in [0.2, 0.25) is 5.02 Å². The maximum atomic E-state index is 12.7. The molecule has 1 aromatic rings. The molecule has 21 heavy (non-hydrogen) atoms. The molecule has 1 heterocycles. The molecule has 1 atom stereocenters. The van der Waals surface area contributed by atoms with E-state index < -0.39 is 22.0 Å². The molecule has 2 rings (SSSR count). The lowest BCUT2D eigenvalue weighted by Crippen LogP contribution is -2.47. The molecule has 1 aromatic carbocycles. The fourth-order valence-corrected chi connectivity index (χ4v) is 4.42. The highest BCUT2D eigenvalue weighted by atomic mass is 35.5. The van der Waals surface area contributed by atoms with E-state index in [1.54, 1.807) is 6.07 Å². The summed E-state index contributed by atoms with van der Waals surface area (Å²) in [5.41, 5.74) is -0.0471. The number of hydrogen-bond donors (Lipinski definition) is 1. The molecule has 1 saturated heterocycles. The fraction of sp³-hybridized carbons (Fsp3) is 0.385. The summed E-state index contributed by atoms with van der Waals surface area (Å²) >= 11 is 5.81. The van der Waals surface area contributed by atoms with E-state index in [2.05, 4.69) is 0 Å². The van der Waals surface area contributed by atoms with Gasteiger partial charge in [0, 0.05) is 11.6 Å². The van der Waals surface area contributed by atoms with E-state index in [0.29, 0.717) is 12.8 Å². The van der Waals surface area contributed by atoms with Gasteiger partial charge >= 0.3 is 5.97 Å². The predicted octanol–water partition coefficient (Wildman–Crippen LogP) is 1.84. The van der Waals surface area contributed by atoms with Crippen LogP contribution in [0, 0.1) is 11.3 Å². The number of hydrogen-bond acceptors (Lipinski definition) is 4. The summed E-state index contributed by atoms with van der Waals surface area (Å²) in [5.74, 6) is -1.18. The number of carboxylic acids is 1. The van der Waals surface area contributed by atoms with Crippen LogP contribution in [0.25, 0.3) is 0 Å². The van der Waals surface area contributed by atoms with Crippen LogP contribution in [0.1, 0.15) is 24.8 Å². The Morgan fingerprint density at radius 1 is 1.43 bits per heavy atom. The van der Waals surface area contributed by atoms with Crippen molar-refractivity contribution in [2.45, 2.75) is 30.2 Å². The van der Waals surface area contributed by atoms with Gasteiger partial charge in [0.05, 0.1) is 5.56 Å². The minimum atomic E-state index is -4.08. The summed E-state index contributed by atoms with van der Waals surface area (Å²) in [6.45, 7) is 0.122. The van der Waals surface area contributed by atoms with Crippen molar-refractivity contribution in [3.8, 4) is 6.07 Å². The average molecular weight is 329 g/mol. The third kappa shape index (κ3) is 3.02. The second-order valence-corrected chi connectivity index (χ2v) is 7.01. The Balaban J connectivity index is 2.53. The normalized spacial score (nSPS) is 19.9. The number of halogens is 1. The van der Waals surface area contributed by atoms with Gasteiger partial charge in [-0.05, 0) is 37.5 Å². The predicted molar refractivity (Wildman–Crippen MR) is 75.3 cm³/mol.